The van der Waals surface area contributed by atoms with Gasteiger partial charge in [0, 0.05) is 13.2 Å². The molecule has 0 amide bonds. The van der Waals surface area contributed by atoms with Crippen LogP contribution in [-0.4, -0.2) is 31.9 Å². The highest BCUT2D eigenvalue weighted by atomic mass is 16.4. The fourth-order valence-corrected chi connectivity index (χ4v) is 1.06. The topological polar surface area (TPSA) is 140 Å². The molecule has 0 spiro atoms. The van der Waals surface area contributed by atoms with E-state index in [1.165, 1.54) is 17.8 Å². The summed E-state index contributed by atoms with van der Waals surface area (Å²) in [4.78, 5) is 21.3. The van der Waals surface area contributed by atoms with Crippen molar-refractivity contribution < 1.29 is 19.8 Å². The van der Waals surface area contributed by atoms with Gasteiger partial charge in [0.25, 0.3) is 0 Å². The zero-order valence-corrected chi connectivity index (χ0v) is 9.21. The van der Waals surface area contributed by atoms with Crippen LogP contribution in [0, 0.1) is 11.3 Å². The van der Waals surface area contributed by atoms with E-state index in [-0.39, 0.29) is 11.4 Å². The Hall–Kier alpha value is -3.02. The monoisotopic (exact) mass is 251 g/mol. The van der Waals surface area contributed by atoms with Crippen molar-refractivity contribution in [1.29, 1.82) is 5.26 Å². The van der Waals surface area contributed by atoms with Crippen LogP contribution in [-0.2, 0) is 11.8 Å². The van der Waals surface area contributed by atoms with E-state index in [0.717, 1.165) is 12.4 Å². The molecule has 0 saturated carbocycles. The van der Waals surface area contributed by atoms with Gasteiger partial charge in [-0.15, -0.1) is 0 Å². The summed E-state index contributed by atoms with van der Waals surface area (Å²) in [5.41, 5.74) is 4.14. The first-order chi connectivity index (χ1) is 8.47. The lowest BCUT2D eigenvalue weighted by atomic mass is 10.3. The number of carboxylic acids is 2. The maximum Gasteiger partial charge on any atom is 0.348 e. The van der Waals surface area contributed by atoms with Crippen LogP contribution < -0.4 is 10.9 Å². The summed E-state index contributed by atoms with van der Waals surface area (Å²) < 4.78 is 1.25. The molecule has 0 aliphatic rings. The van der Waals surface area contributed by atoms with Crippen molar-refractivity contribution >= 4 is 17.8 Å². The minimum atomic E-state index is -1.39. The van der Waals surface area contributed by atoms with Gasteiger partial charge >= 0.3 is 11.9 Å². The van der Waals surface area contributed by atoms with E-state index in [9.17, 15) is 9.59 Å². The van der Waals surface area contributed by atoms with Crippen molar-refractivity contribution in [3.8, 4) is 6.07 Å². The van der Waals surface area contributed by atoms with Gasteiger partial charge in [-0.1, -0.05) is 0 Å². The molecule has 0 aliphatic heterocycles. The Bertz CT molecular complexity index is 554. The molecule has 0 fully saturated rings. The minimum absolute atomic E-state index is 0.0905. The Morgan fingerprint density at radius 3 is 2.72 bits per heavy atom. The van der Waals surface area contributed by atoms with Crippen molar-refractivity contribution in [2.45, 2.75) is 0 Å². The lowest BCUT2D eigenvalue weighted by Crippen LogP contribution is -2.20. The van der Waals surface area contributed by atoms with Crippen LogP contribution in [0.4, 0.5) is 5.82 Å². The summed E-state index contributed by atoms with van der Waals surface area (Å²) in [6.07, 6.45) is 2.04. The molecule has 1 aromatic heterocycles. The highest BCUT2D eigenvalue weighted by molar-refractivity contribution is 5.93. The minimum Gasteiger partial charge on any atom is -0.477 e. The SMILES string of the molecule is Cn1ncc(C(=O)O)c1NNC=C(C#N)C(=O)O. The highest BCUT2D eigenvalue weighted by Crippen LogP contribution is 2.12. The normalized spacial score (nSPS) is 10.6. The third kappa shape index (κ3) is 2.76. The number of nitriles is 1. The van der Waals surface area contributed by atoms with Crippen molar-refractivity contribution in [3.05, 3.63) is 23.5 Å². The molecule has 1 rings (SSSR count). The predicted octanol–water partition coefficient (Wildman–Crippen LogP) is -0.473. The molecule has 0 atom stereocenters. The number of aliphatic carboxylic acids is 1. The number of hydrazine groups is 1. The van der Waals surface area contributed by atoms with Gasteiger partial charge in [0.2, 0.25) is 0 Å². The third-order valence-corrected chi connectivity index (χ3v) is 1.93. The number of hydrogen-bond donors (Lipinski definition) is 4. The number of nitrogens with one attached hydrogen (secondary N) is 2. The molecule has 1 aromatic rings. The molecule has 0 aromatic carbocycles. The first-order valence-electron chi connectivity index (χ1n) is 4.57. The average molecular weight is 251 g/mol. The van der Waals surface area contributed by atoms with Gasteiger partial charge in [-0.25, -0.2) is 9.59 Å². The number of aryl methyl sites for hydroxylation is 1. The van der Waals surface area contributed by atoms with Gasteiger partial charge in [-0.05, 0) is 0 Å². The van der Waals surface area contributed by atoms with Crippen molar-refractivity contribution in [1.82, 2.24) is 15.2 Å². The maximum absolute atomic E-state index is 10.8. The number of aromatic nitrogens is 2. The lowest BCUT2D eigenvalue weighted by molar-refractivity contribution is -0.132. The molecule has 9 nitrogen and oxygen atoms in total. The smallest absolute Gasteiger partial charge is 0.348 e. The Morgan fingerprint density at radius 1 is 1.56 bits per heavy atom. The second-order valence-corrected chi connectivity index (χ2v) is 3.08. The molecule has 0 bridgehead atoms. The summed E-state index contributed by atoms with van der Waals surface area (Å²) in [5, 5.41) is 29.6. The summed E-state index contributed by atoms with van der Waals surface area (Å²) in [6.45, 7) is 0. The quantitative estimate of drug-likeness (QED) is 0.312. The molecule has 94 valence electrons. The Kier molecular flexibility index (Phi) is 3.88. The standard InChI is InChI=1S/C9H9N5O4/c1-14-7(6(4-12-14)9(17)18)13-11-3-5(2-10)8(15)16/h3-4,11,13H,1H3,(H,15,16)(H,17,18). The van der Waals surface area contributed by atoms with E-state index in [1.54, 1.807) is 0 Å². The zero-order chi connectivity index (χ0) is 13.7. The average Bonchev–Trinajstić information content (AvgIpc) is 2.66. The molecule has 4 N–H and O–H groups in total. The van der Waals surface area contributed by atoms with E-state index >= 15 is 0 Å². The molecule has 0 saturated heterocycles. The van der Waals surface area contributed by atoms with Crippen LogP contribution in [0.1, 0.15) is 10.4 Å². The number of carbonyl (C=O) groups is 2. The lowest BCUT2D eigenvalue weighted by Gasteiger charge is -2.07. The molecule has 9 heteroatoms. The number of rotatable bonds is 5. The summed E-state index contributed by atoms with van der Waals surface area (Å²) >= 11 is 0. The van der Waals surface area contributed by atoms with Crippen molar-refractivity contribution in [2.75, 3.05) is 5.43 Å². The van der Waals surface area contributed by atoms with E-state index in [0.29, 0.717) is 0 Å². The fraction of sp³-hybridized carbons (Fsp3) is 0.111. The molecule has 0 radical (unpaired) electrons. The number of anilines is 1. The van der Waals surface area contributed by atoms with Gasteiger partial charge in [-0.2, -0.15) is 10.4 Å². The van der Waals surface area contributed by atoms with Crippen molar-refractivity contribution in [2.24, 2.45) is 7.05 Å². The van der Waals surface area contributed by atoms with Crippen LogP contribution in [0.5, 0.6) is 0 Å². The molecular formula is C9H9N5O4. The molecular weight excluding hydrogens is 242 g/mol. The van der Waals surface area contributed by atoms with Crippen LogP contribution in [0.15, 0.2) is 18.0 Å². The van der Waals surface area contributed by atoms with Gasteiger partial charge in [0.15, 0.2) is 11.4 Å². The Labute approximate surface area is 101 Å². The summed E-state index contributed by atoms with van der Waals surface area (Å²) in [6, 6.07) is 1.45. The zero-order valence-electron chi connectivity index (χ0n) is 9.21. The molecule has 0 unspecified atom stereocenters. The Balaban J connectivity index is 2.82. The van der Waals surface area contributed by atoms with E-state index in [1.807, 2.05) is 0 Å². The number of nitrogens with zero attached hydrogens (tertiary/aromatic N) is 3. The van der Waals surface area contributed by atoms with Crippen LogP contribution >= 0.6 is 0 Å². The predicted molar refractivity (Wildman–Crippen MR) is 58.3 cm³/mol. The third-order valence-electron chi connectivity index (χ3n) is 1.93. The largest absolute Gasteiger partial charge is 0.477 e. The van der Waals surface area contributed by atoms with Gasteiger partial charge in [0.05, 0.1) is 6.20 Å². The first kappa shape index (κ1) is 13.0. The van der Waals surface area contributed by atoms with Crippen molar-refractivity contribution in [3.63, 3.8) is 0 Å². The molecule has 0 aliphatic carbocycles. The Morgan fingerprint density at radius 2 is 2.22 bits per heavy atom. The second-order valence-electron chi connectivity index (χ2n) is 3.08. The molecule has 18 heavy (non-hydrogen) atoms. The first-order valence-corrected chi connectivity index (χ1v) is 4.57. The number of aromatic carboxylic acids is 1. The van der Waals surface area contributed by atoms with Crippen LogP contribution in [0.3, 0.4) is 0 Å². The second kappa shape index (κ2) is 5.35. The highest BCUT2D eigenvalue weighted by Gasteiger charge is 2.14. The van der Waals surface area contributed by atoms with E-state index < -0.39 is 17.5 Å². The summed E-state index contributed by atoms with van der Waals surface area (Å²) in [7, 11) is 1.50. The number of carboxylic acid groups (broad SMARTS) is 2. The van der Waals surface area contributed by atoms with Gasteiger partial charge < -0.3 is 15.6 Å². The van der Waals surface area contributed by atoms with E-state index in [2.05, 4.69) is 16.0 Å². The van der Waals surface area contributed by atoms with Crippen LogP contribution in [0.25, 0.3) is 0 Å². The van der Waals surface area contributed by atoms with Gasteiger partial charge in [-0.3, -0.25) is 10.1 Å². The van der Waals surface area contributed by atoms with Gasteiger partial charge in [0.1, 0.15) is 11.6 Å². The van der Waals surface area contributed by atoms with E-state index in [4.69, 9.17) is 15.5 Å². The summed E-state index contributed by atoms with van der Waals surface area (Å²) in [5.74, 6) is -2.45. The van der Waals surface area contributed by atoms with Crippen LogP contribution in [0.2, 0.25) is 0 Å². The number of hydrogen-bond acceptors (Lipinski definition) is 6. The maximum atomic E-state index is 10.8. The molecule has 1 heterocycles. The fourth-order valence-electron chi connectivity index (χ4n) is 1.06.